The van der Waals surface area contributed by atoms with Crippen molar-refractivity contribution in [2.45, 2.75) is 32.4 Å². The third-order valence-corrected chi connectivity index (χ3v) is 5.81. The van der Waals surface area contributed by atoms with Crippen LogP contribution in [0.2, 0.25) is 0 Å². The normalized spacial score (nSPS) is 14.3. The fraction of sp³-hybridized carbons (Fsp3) is 0.296. The SMILES string of the molecule is CCOC(=O)N1CCC(NC(=O)/C=C/c2cn(Cc3ccccc3)nc2-c2ccccc2)CC1. The average Bonchev–Trinajstić information content (AvgIpc) is 3.27. The van der Waals surface area contributed by atoms with Gasteiger partial charge in [0.2, 0.25) is 5.91 Å². The van der Waals surface area contributed by atoms with Gasteiger partial charge in [-0.3, -0.25) is 9.48 Å². The lowest BCUT2D eigenvalue weighted by atomic mass is 10.1. The van der Waals surface area contributed by atoms with Crippen molar-refractivity contribution in [1.82, 2.24) is 20.0 Å². The van der Waals surface area contributed by atoms with Crippen molar-refractivity contribution in [1.29, 1.82) is 0 Å². The number of carbonyl (C=O) groups excluding carboxylic acids is 2. The maximum absolute atomic E-state index is 12.6. The summed E-state index contributed by atoms with van der Waals surface area (Å²) in [4.78, 5) is 26.2. The smallest absolute Gasteiger partial charge is 0.409 e. The highest BCUT2D eigenvalue weighted by molar-refractivity contribution is 5.93. The number of benzene rings is 2. The molecule has 4 rings (SSSR count). The largest absolute Gasteiger partial charge is 0.450 e. The van der Waals surface area contributed by atoms with Crippen LogP contribution >= 0.6 is 0 Å². The molecule has 0 radical (unpaired) electrons. The third-order valence-electron chi connectivity index (χ3n) is 5.81. The van der Waals surface area contributed by atoms with Crippen molar-refractivity contribution in [2.75, 3.05) is 19.7 Å². The van der Waals surface area contributed by atoms with E-state index in [1.54, 1.807) is 17.9 Å². The topological polar surface area (TPSA) is 76.5 Å². The van der Waals surface area contributed by atoms with Crippen LogP contribution < -0.4 is 5.32 Å². The summed E-state index contributed by atoms with van der Waals surface area (Å²) < 4.78 is 6.96. The standard InChI is InChI=1S/C27H30N4O3/c1-2-34-27(33)30-17-15-24(16-18-30)28-25(32)14-13-23-20-31(19-21-9-5-3-6-10-21)29-26(23)22-11-7-4-8-12-22/h3-14,20,24H,2,15-19H2,1H3,(H,28,32)/b14-13+. The lowest BCUT2D eigenvalue weighted by Gasteiger charge is -2.31. The van der Waals surface area contributed by atoms with Crippen LogP contribution in [-0.4, -0.2) is 52.4 Å². The quantitative estimate of drug-likeness (QED) is 0.534. The van der Waals surface area contributed by atoms with Crippen molar-refractivity contribution in [3.63, 3.8) is 0 Å². The van der Waals surface area contributed by atoms with Gasteiger partial charge >= 0.3 is 6.09 Å². The van der Waals surface area contributed by atoms with Crippen LogP contribution in [0.4, 0.5) is 4.79 Å². The Bertz CT molecular complexity index is 1120. The molecule has 7 heteroatoms. The zero-order valence-electron chi connectivity index (χ0n) is 19.4. The average molecular weight is 459 g/mol. The van der Waals surface area contributed by atoms with E-state index in [9.17, 15) is 9.59 Å². The molecular formula is C27H30N4O3. The third kappa shape index (κ3) is 6.13. The Morgan fingerprint density at radius 2 is 1.74 bits per heavy atom. The Morgan fingerprint density at radius 1 is 1.06 bits per heavy atom. The first kappa shape index (κ1) is 23.3. The lowest BCUT2D eigenvalue weighted by molar-refractivity contribution is -0.117. The second-order valence-electron chi connectivity index (χ2n) is 8.28. The monoisotopic (exact) mass is 458 g/mol. The van der Waals surface area contributed by atoms with Crippen molar-refractivity contribution >= 4 is 18.1 Å². The number of rotatable bonds is 7. The van der Waals surface area contributed by atoms with Crippen LogP contribution in [0.1, 0.15) is 30.9 Å². The van der Waals surface area contributed by atoms with E-state index in [0.29, 0.717) is 39.1 Å². The summed E-state index contributed by atoms with van der Waals surface area (Å²) in [7, 11) is 0. The van der Waals surface area contributed by atoms with Gasteiger partial charge in [-0.15, -0.1) is 0 Å². The molecule has 0 unspecified atom stereocenters. The highest BCUT2D eigenvalue weighted by Crippen LogP contribution is 2.23. The first-order valence-corrected chi connectivity index (χ1v) is 11.7. The van der Waals surface area contributed by atoms with Gasteiger partial charge < -0.3 is 15.0 Å². The van der Waals surface area contributed by atoms with Gasteiger partial charge in [0.15, 0.2) is 0 Å². The van der Waals surface area contributed by atoms with Crippen LogP contribution in [-0.2, 0) is 16.1 Å². The first-order valence-electron chi connectivity index (χ1n) is 11.7. The molecule has 1 fully saturated rings. The molecule has 1 aliphatic heterocycles. The van der Waals surface area contributed by atoms with Gasteiger partial charge in [-0.05, 0) is 31.4 Å². The molecule has 1 aliphatic rings. The summed E-state index contributed by atoms with van der Waals surface area (Å²) in [6, 6.07) is 20.2. The van der Waals surface area contributed by atoms with E-state index in [2.05, 4.69) is 17.4 Å². The molecule has 1 saturated heterocycles. The number of likely N-dealkylation sites (tertiary alicyclic amines) is 1. The van der Waals surface area contributed by atoms with E-state index in [1.165, 1.54) is 0 Å². The molecule has 0 spiro atoms. The molecule has 0 atom stereocenters. The molecule has 2 amide bonds. The molecule has 1 aromatic heterocycles. The summed E-state index contributed by atoms with van der Waals surface area (Å²) in [6.07, 6.45) is 6.49. The summed E-state index contributed by atoms with van der Waals surface area (Å²) >= 11 is 0. The Kier molecular flexibility index (Phi) is 7.75. The molecule has 0 aliphatic carbocycles. The number of aromatic nitrogens is 2. The van der Waals surface area contributed by atoms with Crippen LogP contribution in [0, 0.1) is 0 Å². The molecule has 1 N–H and O–H groups in total. The number of hydrogen-bond acceptors (Lipinski definition) is 4. The van der Waals surface area contributed by atoms with E-state index >= 15 is 0 Å². The predicted octanol–water partition coefficient (Wildman–Crippen LogP) is 4.35. The van der Waals surface area contributed by atoms with Crippen LogP contribution in [0.25, 0.3) is 17.3 Å². The van der Waals surface area contributed by atoms with Gasteiger partial charge in [0.1, 0.15) is 0 Å². The van der Waals surface area contributed by atoms with Crippen molar-refractivity contribution < 1.29 is 14.3 Å². The maximum Gasteiger partial charge on any atom is 0.409 e. The molecule has 0 saturated carbocycles. The number of amides is 2. The van der Waals surface area contributed by atoms with Gasteiger partial charge in [0.05, 0.1) is 18.8 Å². The Hall–Kier alpha value is -3.87. The molecule has 0 bridgehead atoms. The molecule has 2 aromatic carbocycles. The molecular weight excluding hydrogens is 428 g/mol. The summed E-state index contributed by atoms with van der Waals surface area (Å²) in [5.41, 5.74) is 3.88. The van der Waals surface area contributed by atoms with Gasteiger partial charge in [-0.1, -0.05) is 60.7 Å². The van der Waals surface area contributed by atoms with E-state index in [-0.39, 0.29) is 18.0 Å². The first-order chi connectivity index (χ1) is 16.6. The van der Waals surface area contributed by atoms with Gasteiger partial charge in [-0.25, -0.2) is 4.79 Å². The second kappa shape index (κ2) is 11.3. The van der Waals surface area contributed by atoms with Crippen molar-refractivity contribution in [3.8, 4) is 11.3 Å². The number of piperidine rings is 1. The highest BCUT2D eigenvalue weighted by atomic mass is 16.6. The molecule has 7 nitrogen and oxygen atoms in total. The van der Waals surface area contributed by atoms with E-state index in [1.807, 2.05) is 65.5 Å². The second-order valence-corrected chi connectivity index (χ2v) is 8.28. The van der Waals surface area contributed by atoms with Gasteiger partial charge in [-0.2, -0.15) is 5.10 Å². The summed E-state index contributed by atoms with van der Waals surface area (Å²) in [5, 5.41) is 7.85. The lowest BCUT2D eigenvalue weighted by Crippen LogP contribution is -2.46. The van der Waals surface area contributed by atoms with E-state index in [0.717, 1.165) is 22.4 Å². The van der Waals surface area contributed by atoms with Gasteiger partial charge in [0.25, 0.3) is 0 Å². The minimum atomic E-state index is -0.284. The number of nitrogens with zero attached hydrogens (tertiary/aromatic N) is 3. The summed E-state index contributed by atoms with van der Waals surface area (Å²) in [6.45, 7) is 3.98. The van der Waals surface area contributed by atoms with Crippen molar-refractivity contribution in [2.24, 2.45) is 0 Å². The van der Waals surface area contributed by atoms with Crippen molar-refractivity contribution in [3.05, 3.63) is 84.1 Å². The van der Waals surface area contributed by atoms with E-state index in [4.69, 9.17) is 9.84 Å². The molecule has 3 aromatic rings. The minimum Gasteiger partial charge on any atom is -0.450 e. The van der Waals surface area contributed by atoms with Crippen LogP contribution in [0.15, 0.2) is 72.9 Å². The number of hydrogen-bond donors (Lipinski definition) is 1. The number of nitrogens with one attached hydrogen (secondary N) is 1. The fourth-order valence-electron chi connectivity index (χ4n) is 4.07. The Balaban J connectivity index is 1.42. The van der Waals surface area contributed by atoms with Gasteiger partial charge in [0, 0.05) is 42.5 Å². The number of carbonyl (C=O) groups is 2. The number of ether oxygens (including phenoxy) is 1. The maximum atomic E-state index is 12.6. The highest BCUT2D eigenvalue weighted by Gasteiger charge is 2.24. The molecule has 176 valence electrons. The van der Waals surface area contributed by atoms with E-state index < -0.39 is 0 Å². The minimum absolute atomic E-state index is 0.0391. The predicted molar refractivity (Wildman–Crippen MR) is 132 cm³/mol. The fourth-order valence-corrected chi connectivity index (χ4v) is 4.07. The molecule has 34 heavy (non-hydrogen) atoms. The zero-order valence-corrected chi connectivity index (χ0v) is 19.4. The summed E-state index contributed by atoms with van der Waals surface area (Å²) in [5.74, 6) is -0.149. The zero-order chi connectivity index (χ0) is 23.8. The van der Waals surface area contributed by atoms with Crippen LogP contribution in [0.3, 0.4) is 0 Å². The van der Waals surface area contributed by atoms with Crippen LogP contribution in [0.5, 0.6) is 0 Å². The molecule has 2 heterocycles. The Morgan fingerprint density at radius 3 is 2.41 bits per heavy atom. The Labute approximate surface area is 200 Å².